The summed E-state index contributed by atoms with van der Waals surface area (Å²) in [6.45, 7) is 0.642. The van der Waals surface area contributed by atoms with Gasteiger partial charge in [0.15, 0.2) is 11.6 Å². The Morgan fingerprint density at radius 2 is 2.00 bits per heavy atom. The molecule has 1 aliphatic carbocycles. The summed E-state index contributed by atoms with van der Waals surface area (Å²) in [5.74, 6) is 1.18. The number of halogens is 1. The molecule has 0 unspecified atom stereocenters. The maximum atomic E-state index is 13.4. The molecule has 1 aliphatic rings. The summed E-state index contributed by atoms with van der Waals surface area (Å²) >= 11 is 0. The molecule has 2 aromatic carbocycles. The van der Waals surface area contributed by atoms with E-state index in [9.17, 15) is 9.50 Å². The van der Waals surface area contributed by atoms with Crippen LogP contribution >= 0.6 is 0 Å². The predicted octanol–water partition coefficient (Wildman–Crippen LogP) is 3.80. The van der Waals surface area contributed by atoms with Gasteiger partial charge in [-0.25, -0.2) is 4.39 Å². The third-order valence-electron chi connectivity index (χ3n) is 5.40. The molecule has 0 bridgehead atoms. The lowest BCUT2D eigenvalue weighted by molar-refractivity contribution is 0.198. The highest BCUT2D eigenvalue weighted by Gasteiger charge is 2.35. The van der Waals surface area contributed by atoms with Crippen LogP contribution in [0.25, 0.3) is 0 Å². The predicted molar refractivity (Wildman–Crippen MR) is 104 cm³/mol. The molecule has 0 spiro atoms. The van der Waals surface area contributed by atoms with Crippen molar-refractivity contribution in [2.75, 3.05) is 20.3 Å². The molecule has 5 heteroatoms. The van der Waals surface area contributed by atoms with Crippen molar-refractivity contribution in [1.82, 2.24) is 0 Å². The average molecular weight is 373 g/mol. The molecule has 27 heavy (non-hydrogen) atoms. The van der Waals surface area contributed by atoms with Gasteiger partial charge in [0.2, 0.25) is 0 Å². The molecule has 0 saturated heterocycles. The second-order valence-corrected chi connectivity index (χ2v) is 7.45. The van der Waals surface area contributed by atoms with E-state index in [1.807, 2.05) is 12.1 Å². The van der Waals surface area contributed by atoms with Gasteiger partial charge in [0, 0.05) is 5.54 Å². The fourth-order valence-corrected chi connectivity index (χ4v) is 3.75. The van der Waals surface area contributed by atoms with E-state index in [0.29, 0.717) is 12.5 Å². The van der Waals surface area contributed by atoms with Crippen molar-refractivity contribution >= 4 is 0 Å². The first-order valence-corrected chi connectivity index (χ1v) is 9.48. The first-order chi connectivity index (χ1) is 13.0. The number of hydrogen-bond donors (Lipinski definition) is 2. The van der Waals surface area contributed by atoms with Crippen LogP contribution in [0.15, 0.2) is 42.5 Å². The summed E-state index contributed by atoms with van der Waals surface area (Å²) in [5, 5.41) is 9.41. The van der Waals surface area contributed by atoms with E-state index in [2.05, 4.69) is 12.1 Å². The van der Waals surface area contributed by atoms with Crippen molar-refractivity contribution in [2.45, 2.75) is 43.6 Å². The lowest BCUT2D eigenvalue weighted by Gasteiger charge is -2.21. The van der Waals surface area contributed by atoms with Crippen LogP contribution in [0, 0.1) is 5.82 Å². The second-order valence-electron chi connectivity index (χ2n) is 7.45. The number of rotatable bonds is 8. The normalized spacial score (nSPS) is 22.0. The number of methoxy groups -OCH3 is 1. The molecular weight excluding hydrogens is 345 g/mol. The van der Waals surface area contributed by atoms with Gasteiger partial charge in [-0.1, -0.05) is 18.2 Å². The van der Waals surface area contributed by atoms with E-state index in [-0.39, 0.29) is 18.2 Å². The number of nitrogens with two attached hydrogens (primary N) is 1. The second kappa shape index (κ2) is 8.72. The topological polar surface area (TPSA) is 64.7 Å². The zero-order valence-electron chi connectivity index (χ0n) is 15.8. The summed E-state index contributed by atoms with van der Waals surface area (Å²) in [4.78, 5) is 0. The standard InChI is InChI=1S/C22H28FNO3/c1-26-21-13-16(4-9-20(21)23)3-2-12-27-19-7-5-17(6-8-19)18-10-11-22(24,14-18)15-25/h4-9,13,18,25H,2-3,10-12,14-15,24H2,1H3/t18-,22+/m1/s1. The van der Waals surface area contributed by atoms with E-state index < -0.39 is 5.54 Å². The smallest absolute Gasteiger partial charge is 0.165 e. The van der Waals surface area contributed by atoms with Crippen LogP contribution in [0.2, 0.25) is 0 Å². The molecule has 0 heterocycles. The Kier molecular flexibility index (Phi) is 6.34. The Labute approximate surface area is 160 Å². The van der Waals surface area contributed by atoms with E-state index in [0.717, 1.165) is 43.4 Å². The lowest BCUT2D eigenvalue weighted by atomic mass is 9.94. The molecule has 4 nitrogen and oxygen atoms in total. The Morgan fingerprint density at radius 1 is 1.22 bits per heavy atom. The molecule has 0 amide bonds. The molecular formula is C22H28FNO3. The van der Waals surface area contributed by atoms with Gasteiger partial charge >= 0.3 is 0 Å². The van der Waals surface area contributed by atoms with Crippen molar-refractivity contribution in [3.8, 4) is 11.5 Å². The summed E-state index contributed by atoms with van der Waals surface area (Å²) in [6, 6.07) is 13.1. The van der Waals surface area contributed by atoms with E-state index in [1.54, 1.807) is 12.1 Å². The Morgan fingerprint density at radius 3 is 2.67 bits per heavy atom. The highest BCUT2D eigenvalue weighted by Crippen LogP contribution is 2.39. The third-order valence-corrected chi connectivity index (χ3v) is 5.40. The molecule has 0 aliphatic heterocycles. The highest BCUT2D eigenvalue weighted by atomic mass is 19.1. The van der Waals surface area contributed by atoms with Gasteiger partial charge in [0.1, 0.15) is 5.75 Å². The van der Waals surface area contributed by atoms with E-state index in [4.69, 9.17) is 15.2 Å². The molecule has 146 valence electrons. The van der Waals surface area contributed by atoms with Crippen LogP contribution in [0.4, 0.5) is 4.39 Å². The molecule has 3 N–H and O–H groups in total. The highest BCUT2D eigenvalue weighted by molar-refractivity contribution is 5.31. The molecule has 2 aromatic rings. The molecule has 1 saturated carbocycles. The summed E-state index contributed by atoms with van der Waals surface area (Å²) in [6.07, 6.45) is 4.34. The summed E-state index contributed by atoms with van der Waals surface area (Å²) < 4.78 is 24.2. The van der Waals surface area contributed by atoms with Crippen molar-refractivity contribution in [3.05, 3.63) is 59.4 Å². The number of aryl methyl sites for hydroxylation is 1. The number of hydrogen-bond acceptors (Lipinski definition) is 4. The van der Waals surface area contributed by atoms with Crippen LogP contribution < -0.4 is 15.2 Å². The number of aliphatic hydroxyl groups is 1. The van der Waals surface area contributed by atoms with Gasteiger partial charge in [0.05, 0.1) is 20.3 Å². The molecule has 0 aromatic heterocycles. The van der Waals surface area contributed by atoms with Crippen molar-refractivity contribution in [3.63, 3.8) is 0 Å². The van der Waals surface area contributed by atoms with Gasteiger partial charge in [-0.3, -0.25) is 0 Å². The van der Waals surface area contributed by atoms with Gasteiger partial charge in [-0.15, -0.1) is 0 Å². The fourth-order valence-electron chi connectivity index (χ4n) is 3.75. The molecule has 2 atom stereocenters. The lowest BCUT2D eigenvalue weighted by Crippen LogP contribution is -2.40. The maximum absolute atomic E-state index is 13.4. The number of ether oxygens (including phenoxy) is 2. The van der Waals surface area contributed by atoms with Crippen molar-refractivity contribution in [2.24, 2.45) is 5.73 Å². The maximum Gasteiger partial charge on any atom is 0.165 e. The monoisotopic (exact) mass is 373 g/mol. The van der Waals surface area contributed by atoms with Gasteiger partial charge in [-0.2, -0.15) is 0 Å². The van der Waals surface area contributed by atoms with Crippen LogP contribution in [-0.4, -0.2) is 31.0 Å². The van der Waals surface area contributed by atoms with Crippen LogP contribution in [-0.2, 0) is 6.42 Å². The average Bonchev–Trinajstić information content (AvgIpc) is 3.10. The summed E-state index contributed by atoms with van der Waals surface area (Å²) in [7, 11) is 1.47. The zero-order valence-corrected chi connectivity index (χ0v) is 15.8. The van der Waals surface area contributed by atoms with E-state index >= 15 is 0 Å². The first-order valence-electron chi connectivity index (χ1n) is 9.48. The Hall–Kier alpha value is -2.11. The zero-order chi connectivity index (χ0) is 19.3. The van der Waals surface area contributed by atoms with Crippen LogP contribution in [0.3, 0.4) is 0 Å². The minimum atomic E-state index is -0.428. The van der Waals surface area contributed by atoms with Crippen molar-refractivity contribution in [1.29, 1.82) is 0 Å². The third kappa shape index (κ3) is 4.99. The summed E-state index contributed by atoms with van der Waals surface area (Å²) in [5.41, 5.74) is 8.02. The molecule has 0 radical (unpaired) electrons. The number of aliphatic hydroxyl groups excluding tert-OH is 1. The number of benzene rings is 2. The minimum Gasteiger partial charge on any atom is -0.494 e. The Balaban J connectivity index is 1.45. The first kappa shape index (κ1) is 19.6. The Bertz CT molecular complexity index is 750. The fraction of sp³-hybridized carbons (Fsp3) is 0.455. The minimum absolute atomic E-state index is 0.0463. The largest absolute Gasteiger partial charge is 0.494 e. The van der Waals surface area contributed by atoms with Crippen molar-refractivity contribution < 1.29 is 19.0 Å². The van der Waals surface area contributed by atoms with Gasteiger partial charge in [-0.05, 0) is 73.4 Å². The SMILES string of the molecule is COc1cc(CCCOc2ccc([C@@H]3CC[C@@](N)(CO)C3)cc2)ccc1F. The van der Waals surface area contributed by atoms with Gasteiger partial charge in [0.25, 0.3) is 0 Å². The van der Waals surface area contributed by atoms with E-state index in [1.165, 1.54) is 18.7 Å². The quantitative estimate of drug-likeness (QED) is 0.691. The van der Waals surface area contributed by atoms with Crippen LogP contribution in [0.5, 0.6) is 11.5 Å². The molecule has 1 fully saturated rings. The van der Waals surface area contributed by atoms with Gasteiger partial charge < -0.3 is 20.3 Å². The van der Waals surface area contributed by atoms with Crippen LogP contribution in [0.1, 0.15) is 42.7 Å². The molecule has 3 rings (SSSR count).